The summed E-state index contributed by atoms with van der Waals surface area (Å²) in [6.45, 7) is 2.12. The molecular formula is C9H14F3NO2. The molecule has 0 aromatic carbocycles. The highest BCUT2D eigenvalue weighted by atomic mass is 19.4. The van der Waals surface area contributed by atoms with E-state index in [0.29, 0.717) is 13.0 Å². The maximum atomic E-state index is 11.9. The molecule has 1 aliphatic rings. The van der Waals surface area contributed by atoms with E-state index >= 15 is 0 Å². The molecule has 88 valence electrons. The number of hydrogen-bond acceptors (Lipinski definition) is 2. The number of carbonyl (C=O) groups is 1. The zero-order valence-electron chi connectivity index (χ0n) is 8.42. The van der Waals surface area contributed by atoms with Gasteiger partial charge in [0.2, 0.25) is 5.91 Å². The van der Waals surface area contributed by atoms with Crippen LogP contribution in [0.15, 0.2) is 0 Å². The fraction of sp³-hybridized carbons (Fsp3) is 0.889. The van der Waals surface area contributed by atoms with Crippen molar-refractivity contribution in [3.63, 3.8) is 0 Å². The Balaban J connectivity index is 2.44. The highest BCUT2D eigenvalue weighted by molar-refractivity contribution is 5.77. The Morgan fingerprint density at radius 1 is 1.60 bits per heavy atom. The predicted octanol–water partition coefficient (Wildman–Crippen LogP) is 1.17. The lowest BCUT2D eigenvalue weighted by Crippen LogP contribution is -2.33. The molecule has 1 saturated heterocycles. The molecule has 2 unspecified atom stereocenters. The van der Waals surface area contributed by atoms with Crippen LogP contribution in [0.3, 0.4) is 0 Å². The summed E-state index contributed by atoms with van der Waals surface area (Å²) in [5.41, 5.74) is 0. The number of aliphatic hydroxyl groups is 1. The van der Waals surface area contributed by atoms with Crippen molar-refractivity contribution in [3.05, 3.63) is 0 Å². The van der Waals surface area contributed by atoms with Crippen LogP contribution in [-0.4, -0.2) is 41.3 Å². The van der Waals surface area contributed by atoms with E-state index in [1.165, 1.54) is 4.90 Å². The van der Waals surface area contributed by atoms with Crippen LogP contribution >= 0.6 is 0 Å². The predicted molar refractivity (Wildman–Crippen MR) is 47.0 cm³/mol. The third kappa shape index (κ3) is 3.70. The van der Waals surface area contributed by atoms with E-state index in [9.17, 15) is 23.1 Å². The minimum absolute atomic E-state index is 0.0952. The van der Waals surface area contributed by atoms with E-state index in [-0.39, 0.29) is 12.5 Å². The van der Waals surface area contributed by atoms with Gasteiger partial charge in [0.15, 0.2) is 0 Å². The average molecular weight is 225 g/mol. The fourth-order valence-corrected chi connectivity index (χ4v) is 1.69. The smallest absolute Gasteiger partial charge is 0.393 e. The second-order valence-electron chi connectivity index (χ2n) is 3.92. The first-order valence-electron chi connectivity index (χ1n) is 4.82. The molecule has 2 atom stereocenters. The summed E-state index contributed by atoms with van der Waals surface area (Å²) in [6, 6.07) is 0. The topological polar surface area (TPSA) is 40.5 Å². The molecule has 0 aromatic rings. The molecule has 0 radical (unpaired) electrons. The quantitative estimate of drug-likeness (QED) is 0.766. The Kier molecular flexibility index (Phi) is 3.59. The van der Waals surface area contributed by atoms with Crippen LogP contribution in [0, 0.1) is 5.92 Å². The lowest BCUT2D eigenvalue weighted by molar-refractivity contribution is -0.160. The van der Waals surface area contributed by atoms with Crippen LogP contribution in [0.1, 0.15) is 19.8 Å². The number of nitrogens with zero attached hydrogens (tertiary/aromatic N) is 1. The first kappa shape index (κ1) is 12.3. The highest BCUT2D eigenvalue weighted by Crippen LogP contribution is 2.25. The van der Waals surface area contributed by atoms with Crippen LogP contribution in [0.5, 0.6) is 0 Å². The molecule has 3 nitrogen and oxygen atoms in total. The lowest BCUT2D eigenvalue weighted by Gasteiger charge is -2.18. The summed E-state index contributed by atoms with van der Waals surface area (Å²) in [7, 11) is 0. The standard InChI is InChI=1S/C9H14F3NO2/c1-6(14)7-2-3-13(5-7)8(15)4-9(10,11)12/h6-7,14H,2-5H2,1H3. The second kappa shape index (κ2) is 4.38. The van der Waals surface area contributed by atoms with Crippen molar-refractivity contribution in [2.75, 3.05) is 13.1 Å². The molecule has 15 heavy (non-hydrogen) atoms. The van der Waals surface area contributed by atoms with Gasteiger partial charge in [0, 0.05) is 19.0 Å². The number of likely N-dealkylation sites (tertiary alicyclic amines) is 1. The van der Waals surface area contributed by atoms with Gasteiger partial charge in [-0.15, -0.1) is 0 Å². The zero-order valence-corrected chi connectivity index (χ0v) is 8.42. The molecular weight excluding hydrogens is 211 g/mol. The van der Waals surface area contributed by atoms with E-state index in [0.717, 1.165) is 0 Å². The van der Waals surface area contributed by atoms with Gasteiger partial charge in [-0.1, -0.05) is 0 Å². The average Bonchev–Trinajstić information content (AvgIpc) is 2.47. The Morgan fingerprint density at radius 2 is 2.20 bits per heavy atom. The van der Waals surface area contributed by atoms with Gasteiger partial charge in [-0.2, -0.15) is 13.2 Å². The van der Waals surface area contributed by atoms with Crippen LogP contribution in [0.2, 0.25) is 0 Å². The number of amides is 1. The minimum atomic E-state index is -4.44. The van der Waals surface area contributed by atoms with Crippen LogP contribution in [0.25, 0.3) is 0 Å². The molecule has 0 spiro atoms. The summed E-state index contributed by atoms with van der Waals surface area (Å²) in [5, 5.41) is 9.22. The molecule has 0 bridgehead atoms. The fourth-order valence-electron chi connectivity index (χ4n) is 1.69. The molecule has 1 heterocycles. The molecule has 0 aromatic heterocycles. The SMILES string of the molecule is CC(O)C1CCN(C(=O)CC(F)(F)F)C1. The Morgan fingerprint density at radius 3 is 2.60 bits per heavy atom. The minimum Gasteiger partial charge on any atom is -0.393 e. The number of alkyl halides is 3. The van der Waals surface area contributed by atoms with Crippen LogP contribution < -0.4 is 0 Å². The molecule has 1 fully saturated rings. The van der Waals surface area contributed by atoms with Gasteiger partial charge in [0.25, 0.3) is 0 Å². The monoisotopic (exact) mass is 225 g/mol. The Labute approximate surface area is 85.9 Å². The van der Waals surface area contributed by atoms with Gasteiger partial charge in [-0.3, -0.25) is 4.79 Å². The van der Waals surface area contributed by atoms with Crippen molar-refractivity contribution in [3.8, 4) is 0 Å². The highest BCUT2D eigenvalue weighted by Gasteiger charge is 2.36. The van der Waals surface area contributed by atoms with Crippen LogP contribution in [0.4, 0.5) is 13.2 Å². The molecule has 1 rings (SSSR count). The molecule has 6 heteroatoms. The maximum Gasteiger partial charge on any atom is 0.397 e. The van der Waals surface area contributed by atoms with Gasteiger partial charge in [0.1, 0.15) is 6.42 Å². The molecule has 1 aliphatic heterocycles. The number of carbonyl (C=O) groups excluding carboxylic acids is 1. The molecule has 1 amide bonds. The van der Waals surface area contributed by atoms with Crippen molar-refractivity contribution in [1.82, 2.24) is 4.90 Å². The Hall–Kier alpha value is -0.780. The molecule has 0 saturated carbocycles. The molecule has 1 N–H and O–H groups in total. The summed E-state index contributed by atoms with van der Waals surface area (Å²) < 4.78 is 35.8. The number of aliphatic hydroxyl groups excluding tert-OH is 1. The van der Waals surface area contributed by atoms with Crippen molar-refractivity contribution in [2.45, 2.75) is 32.0 Å². The van der Waals surface area contributed by atoms with Crippen molar-refractivity contribution in [1.29, 1.82) is 0 Å². The van der Waals surface area contributed by atoms with Crippen LogP contribution in [-0.2, 0) is 4.79 Å². The summed E-state index contributed by atoms with van der Waals surface area (Å²) in [4.78, 5) is 12.3. The maximum absolute atomic E-state index is 11.9. The van der Waals surface area contributed by atoms with Crippen molar-refractivity contribution >= 4 is 5.91 Å². The second-order valence-corrected chi connectivity index (χ2v) is 3.92. The zero-order chi connectivity index (χ0) is 11.6. The first-order valence-corrected chi connectivity index (χ1v) is 4.82. The van der Waals surface area contributed by atoms with E-state index in [1.54, 1.807) is 6.92 Å². The van der Waals surface area contributed by atoms with Crippen molar-refractivity contribution in [2.24, 2.45) is 5.92 Å². The number of halogens is 3. The summed E-state index contributed by atoms with van der Waals surface area (Å²) in [5.74, 6) is -0.993. The normalized spacial score (nSPS) is 24.3. The Bertz CT molecular complexity index is 240. The van der Waals surface area contributed by atoms with Gasteiger partial charge >= 0.3 is 6.18 Å². The van der Waals surface area contributed by atoms with Gasteiger partial charge in [-0.25, -0.2) is 0 Å². The van der Waals surface area contributed by atoms with E-state index in [2.05, 4.69) is 0 Å². The number of rotatable bonds is 2. The third-order valence-electron chi connectivity index (χ3n) is 2.61. The van der Waals surface area contributed by atoms with E-state index < -0.39 is 24.6 Å². The van der Waals surface area contributed by atoms with Gasteiger partial charge < -0.3 is 10.0 Å². The van der Waals surface area contributed by atoms with E-state index in [4.69, 9.17) is 0 Å². The first-order chi connectivity index (χ1) is 6.79. The van der Waals surface area contributed by atoms with E-state index in [1.807, 2.05) is 0 Å². The largest absolute Gasteiger partial charge is 0.397 e. The van der Waals surface area contributed by atoms with Gasteiger partial charge in [0.05, 0.1) is 6.10 Å². The van der Waals surface area contributed by atoms with Crippen molar-refractivity contribution < 1.29 is 23.1 Å². The lowest BCUT2D eigenvalue weighted by atomic mass is 10.0. The van der Waals surface area contributed by atoms with Gasteiger partial charge in [-0.05, 0) is 13.3 Å². The summed E-state index contributed by atoms with van der Waals surface area (Å²) in [6.07, 6.45) is -5.85. The molecule has 0 aliphatic carbocycles. The summed E-state index contributed by atoms with van der Waals surface area (Å²) >= 11 is 0. The third-order valence-corrected chi connectivity index (χ3v) is 2.61. The number of hydrogen-bond donors (Lipinski definition) is 1.